The van der Waals surface area contributed by atoms with Crippen LogP contribution in [0.2, 0.25) is 0 Å². The molecule has 6 nitrogen and oxygen atoms in total. The number of carbonyl (C=O) groups excluding carboxylic acids is 1. The predicted molar refractivity (Wildman–Crippen MR) is 129 cm³/mol. The molecule has 0 fully saturated rings. The molecule has 0 aliphatic heterocycles. The average molecular weight is 442 g/mol. The SMILES string of the molecule is CN(C(=O)c1c[nH]n2c(NC(C)(C)CC(C)(C)C)c(C(C)(C)C)nc12)c1ccc(F)cc1. The van der Waals surface area contributed by atoms with Gasteiger partial charge in [-0.05, 0) is 49.9 Å². The minimum absolute atomic E-state index is 0.150. The van der Waals surface area contributed by atoms with E-state index in [4.69, 9.17) is 4.98 Å². The summed E-state index contributed by atoms with van der Waals surface area (Å²) in [4.78, 5) is 19.7. The number of hydrogen-bond acceptors (Lipinski definition) is 3. The molecule has 3 aromatic rings. The lowest BCUT2D eigenvalue weighted by Crippen LogP contribution is -2.36. The molecule has 2 N–H and O–H groups in total. The van der Waals surface area contributed by atoms with Gasteiger partial charge in [-0.3, -0.25) is 9.89 Å². The van der Waals surface area contributed by atoms with Gasteiger partial charge in [-0.2, -0.15) is 0 Å². The second-order valence-electron chi connectivity index (χ2n) is 11.5. The Bertz CT molecular complexity index is 1110. The van der Waals surface area contributed by atoms with E-state index in [0.717, 1.165) is 17.9 Å². The second-order valence-corrected chi connectivity index (χ2v) is 11.5. The highest BCUT2D eigenvalue weighted by Gasteiger charge is 2.32. The lowest BCUT2D eigenvalue weighted by molar-refractivity contribution is 0.0994. The monoisotopic (exact) mass is 441 g/mol. The normalized spacial score (nSPS) is 12.9. The van der Waals surface area contributed by atoms with Gasteiger partial charge in [0.25, 0.3) is 5.91 Å². The average Bonchev–Trinajstić information content (AvgIpc) is 3.19. The summed E-state index contributed by atoms with van der Waals surface area (Å²) in [6.45, 7) is 17.4. The zero-order chi connectivity index (χ0) is 24.1. The van der Waals surface area contributed by atoms with Crippen molar-refractivity contribution in [3.63, 3.8) is 0 Å². The number of hydrogen-bond donors (Lipinski definition) is 2. The van der Waals surface area contributed by atoms with Crippen molar-refractivity contribution in [3.8, 4) is 0 Å². The maximum atomic E-state index is 13.3. The number of aromatic nitrogens is 3. The minimum Gasteiger partial charge on any atom is -0.364 e. The number of fused-ring (bicyclic) bond motifs is 1. The summed E-state index contributed by atoms with van der Waals surface area (Å²) in [5.41, 5.74) is 2.28. The molecular weight excluding hydrogens is 405 g/mol. The third-order valence-corrected chi connectivity index (χ3v) is 5.34. The first kappa shape index (κ1) is 23.8. The molecule has 0 aliphatic carbocycles. The number of nitrogens with zero attached hydrogens (tertiary/aromatic N) is 3. The number of anilines is 2. The van der Waals surface area contributed by atoms with Gasteiger partial charge in [0.2, 0.25) is 0 Å². The van der Waals surface area contributed by atoms with Gasteiger partial charge in [-0.25, -0.2) is 13.9 Å². The summed E-state index contributed by atoms with van der Waals surface area (Å²) in [5, 5.41) is 6.91. The maximum Gasteiger partial charge on any atom is 0.263 e. The van der Waals surface area contributed by atoms with Gasteiger partial charge in [-0.15, -0.1) is 0 Å². The van der Waals surface area contributed by atoms with E-state index < -0.39 is 0 Å². The zero-order valence-corrected chi connectivity index (χ0v) is 20.7. The van der Waals surface area contributed by atoms with E-state index in [1.54, 1.807) is 25.4 Å². The second kappa shape index (κ2) is 7.94. The van der Waals surface area contributed by atoms with Crippen LogP contribution in [-0.2, 0) is 5.41 Å². The van der Waals surface area contributed by atoms with Gasteiger partial charge in [-0.1, -0.05) is 41.5 Å². The Hall–Kier alpha value is -2.83. The molecule has 2 heterocycles. The van der Waals surface area contributed by atoms with Gasteiger partial charge in [0.05, 0.1) is 5.69 Å². The molecule has 0 radical (unpaired) electrons. The number of amides is 1. The van der Waals surface area contributed by atoms with Crippen LogP contribution in [0.3, 0.4) is 0 Å². The van der Waals surface area contributed by atoms with Crippen LogP contribution in [0, 0.1) is 11.2 Å². The van der Waals surface area contributed by atoms with Crippen LogP contribution < -0.4 is 10.2 Å². The lowest BCUT2D eigenvalue weighted by Gasteiger charge is -2.34. The number of carbonyl (C=O) groups is 1. The van der Waals surface area contributed by atoms with Crippen molar-refractivity contribution in [2.75, 3.05) is 17.3 Å². The largest absolute Gasteiger partial charge is 0.364 e. The van der Waals surface area contributed by atoms with Crippen LogP contribution in [0.1, 0.15) is 77.9 Å². The van der Waals surface area contributed by atoms with Gasteiger partial charge in [0, 0.05) is 29.9 Å². The lowest BCUT2D eigenvalue weighted by atomic mass is 9.81. The van der Waals surface area contributed by atoms with E-state index in [1.807, 2.05) is 4.52 Å². The summed E-state index contributed by atoms with van der Waals surface area (Å²) in [6, 6.07) is 5.87. The first-order valence-corrected chi connectivity index (χ1v) is 11.0. The van der Waals surface area contributed by atoms with Gasteiger partial charge in [0.1, 0.15) is 11.4 Å². The van der Waals surface area contributed by atoms with E-state index in [9.17, 15) is 9.18 Å². The molecule has 0 unspecified atom stereocenters. The topological polar surface area (TPSA) is 65.4 Å². The standard InChI is InChI=1S/C25H36FN5O/c1-23(2,3)15-25(7,8)29-21-19(24(4,5)6)28-20-18(14-27-31(20)21)22(32)30(9)17-12-10-16(26)11-13-17/h10-14,27,29H,15H2,1-9H3. The predicted octanol–water partition coefficient (Wildman–Crippen LogP) is 6.00. The fourth-order valence-corrected chi connectivity index (χ4v) is 4.37. The van der Waals surface area contributed by atoms with Gasteiger partial charge < -0.3 is 10.2 Å². The van der Waals surface area contributed by atoms with Crippen molar-refractivity contribution in [2.45, 2.75) is 72.8 Å². The number of halogens is 1. The smallest absolute Gasteiger partial charge is 0.263 e. The quantitative estimate of drug-likeness (QED) is 0.510. The first-order valence-electron chi connectivity index (χ1n) is 11.0. The highest BCUT2D eigenvalue weighted by Crippen LogP contribution is 2.36. The van der Waals surface area contributed by atoms with Crippen molar-refractivity contribution in [1.29, 1.82) is 0 Å². The van der Waals surface area contributed by atoms with E-state index in [0.29, 0.717) is 16.9 Å². The molecule has 2 aromatic heterocycles. The molecule has 1 aromatic carbocycles. The number of nitrogens with one attached hydrogen (secondary N) is 2. The molecule has 174 valence electrons. The third kappa shape index (κ3) is 4.97. The molecule has 7 heteroatoms. The van der Waals surface area contributed by atoms with Crippen LogP contribution in [0.25, 0.3) is 5.65 Å². The van der Waals surface area contributed by atoms with Crippen molar-refractivity contribution >= 4 is 23.1 Å². The van der Waals surface area contributed by atoms with Crippen molar-refractivity contribution in [3.05, 3.63) is 47.5 Å². The highest BCUT2D eigenvalue weighted by molar-refractivity contribution is 6.09. The molecule has 3 rings (SSSR count). The summed E-state index contributed by atoms with van der Waals surface area (Å²) in [5.74, 6) is 0.314. The Kier molecular flexibility index (Phi) is 5.91. The van der Waals surface area contributed by atoms with E-state index >= 15 is 0 Å². The molecule has 0 bridgehead atoms. The van der Waals surface area contributed by atoms with Gasteiger partial charge >= 0.3 is 0 Å². The molecule has 0 saturated heterocycles. The number of H-pyrrole nitrogens is 1. The van der Waals surface area contributed by atoms with E-state index in [1.165, 1.54) is 17.0 Å². The summed E-state index contributed by atoms with van der Waals surface area (Å²) in [7, 11) is 1.68. The van der Waals surface area contributed by atoms with E-state index in [-0.39, 0.29) is 28.1 Å². The number of aromatic amines is 1. The van der Waals surface area contributed by atoms with E-state index in [2.05, 4.69) is 65.8 Å². The van der Waals surface area contributed by atoms with Crippen molar-refractivity contribution in [1.82, 2.24) is 14.6 Å². The molecule has 32 heavy (non-hydrogen) atoms. The Balaban J connectivity index is 2.05. The molecular formula is C25H36FN5O. The van der Waals surface area contributed by atoms with Crippen LogP contribution >= 0.6 is 0 Å². The van der Waals surface area contributed by atoms with Crippen LogP contribution in [0.4, 0.5) is 15.9 Å². The zero-order valence-electron chi connectivity index (χ0n) is 20.7. The van der Waals surface area contributed by atoms with Gasteiger partial charge in [0.15, 0.2) is 11.5 Å². The molecule has 0 saturated carbocycles. The fraction of sp³-hybridized carbons (Fsp3) is 0.520. The minimum atomic E-state index is -0.338. The number of rotatable bonds is 5. The third-order valence-electron chi connectivity index (χ3n) is 5.34. The van der Waals surface area contributed by atoms with Crippen molar-refractivity contribution < 1.29 is 9.18 Å². The molecule has 0 spiro atoms. The Morgan fingerprint density at radius 1 is 1.09 bits per heavy atom. The molecule has 1 amide bonds. The maximum absolute atomic E-state index is 13.3. The summed E-state index contributed by atoms with van der Waals surface area (Å²) in [6.07, 6.45) is 2.63. The Labute approximate surface area is 190 Å². The van der Waals surface area contributed by atoms with Crippen LogP contribution in [0.15, 0.2) is 30.5 Å². The Morgan fingerprint density at radius 2 is 1.69 bits per heavy atom. The summed E-state index contributed by atoms with van der Waals surface area (Å²) >= 11 is 0. The van der Waals surface area contributed by atoms with Crippen LogP contribution in [0.5, 0.6) is 0 Å². The highest BCUT2D eigenvalue weighted by atomic mass is 19.1. The van der Waals surface area contributed by atoms with Crippen molar-refractivity contribution in [2.24, 2.45) is 5.41 Å². The first-order chi connectivity index (χ1) is 14.6. The number of benzene rings is 1. The molecule has 0 aliphatic rings. The number of imidazole rings is 1. The van der Waals surface area contributed by atoms with Crippen LogP contribution in [-0.4, -0.2) is 33.1 Å². The Morgan fingerprint density at radius 3 is 2.22 bits per heavy atom. The summed E-state index contributed by atoms with van der Waals surface area (Å²) < 4.78 is 15.2. The fourth-order valence-electron chi connectivity index (χ4n) is 4.37. The molecule has 0 atom stereocenters.